The number of hydrogen-bond donors (Lipinski definition) is 1. The van der Waals surface area contributed by atoms with Gasteiger partial charge in [0.15, 0.2) is 0 Å². The van der Waals surface area contributed by atoms with E-state index in [9.17, 15) is 13.2 Å². The molecule has 0 radical (unpaired) electrons. The lowest BCUT2D eigenvalue weighted by Gasteiger charge is -2.30. The first-order valence-electron chi connectivity index (χ1n) is 11.1. The van der Waals surface area contributed by atoms with Gasteiger partial charge in [0.2, 0.25) is 15.9 Å². The fourth-order valence-corrected chi connectivity index (χ4v) is 5.58. The quantitative estimate of drug-likeness (QED) is 0.588. The maximum atomic E-state index is 13.0. The van der Waals surface area contributed by atoms with E-state index in [2.05, 4.69) is 22.3 Å². The number of sulfonamides is 1. The van der Waals surface area contributed by atoms with Crippen LogP contribution in [0.1, 0.15) is 43.7 Å². The standard InChI is InChI=1S/C24H32ClN3O3S/c1-3-23(28(32(2,30)31)22-12-8-11-21(25)16-22)24(29)26-17-19-9-7-10-20(15-19)18-27-13-5-4-6-14-27/h7-12,15-16,23H,3-6,13-14,17-18H2,1-2H3,(H,26,29)/t23-/m1/s1. The molecule has 0 aliphatic carbocycles. The molecule has 6 nitrogen and oxygen atoms in total. The number of rotatable bonds is 9. The van der Waals surface area contributed by atoms with Gasteiger partial charge in [0.05, 0.1) is 11.9 Å². The number of halogens is 1. The number of benzene rings is 2. The SMILES string of the molecule is CC[C@H](C(=O)NCc1cccc(CN2CCCCC2)c1)N(c1cccc(Cl)c1)S(C)(=O)=O. The second kappa shape index (κ2) is 11.2. The normalized spacial score (nSPS) is 15.8. The highest BCUT2D eigenvalue weighted by Gasteiger charge is 2.31. The van der Waals surface area contributed by atoms with Gasteiger partial charge in [-0.1, -0.05) is 55.3 Å². The third-order valence-electron chi connectivity index (χ3n) is 5.71. The van der Waals surface area contributed by atoms with E-state index >= 15 is 0 Å². The van der Waals surface area contributed by atoms with E-state index in [1.165, 1.54) is 24.8 Å². The fourth-order valence-electron chi connectivity index (χ4n) is 4.19. The van der Waals surface area contributed by atoms with E-state index in [-0.39, 0.29) is 5.91 Å². The molecule has 1 heterocycles. The Morgan fingerprint density at radius 3 is 2.44 bits per heavy atom. The Labute approximate surface area is 196 Å². The van der Waals surface area contributed by atoms with Crippen molar-refractivity contribution in [3.63, 3.8) is 0 Å². The van der Waals surface area contributed by atoms with E-state index in [1.807, 2.05) is 12.1 Å². The van der Waals surface area contributed by atoms with E-state index in [1.54, 1.807) is 31.2 Å². The molecule has 0 spiro atoms. The van der Waals surface area contributed by atoms with Crippen LogP contribution in [0.4, 0.5) is 5.69 Å². The Morgan fingerprint density at radius 2 is 1.78 bits per heavy atom. The molecule has 32 heavy (non-hydrogen) atoms. The lowest BCUT2D eigenvalue weighted by atomic mass is 10.1. The van der Waals surface area contributed by atoms with Gasteiger partial charge >= 0.3 is 0 Å². The number of carbonyl (C=O) groups is 1. The number of amides is 1. The second-order valence-electron chi connectivity index (χ2n) is 8.34. The molecule has 1 atom stereocenters. The first-order chi connectivity index (χ1) is 15.3. The molecular formula is C24H32ClN3O3S. The maximum Gasteiger partial charge on any atom is 0.244 e. The van der Waals surface area contributed by atoms with Crippen molar-refractivity contribution in [1.29, 1.82) is 0 Å². The zero-order chi connectivity index (χ0) is 23.1. The molecule has 1 fully saturated rings. The minimum Gasteiger partial charge on any atom is -0.350 e. The van der Waals surface area contributed by atoms with Crippen molar-refractivity contribution in [2.75, 3.05) is 23.7 Å². The minimum atomic E-state index is -3.69. The van der Waals surface area contributed by atoms with Gasteiger partial charge in [0.1, 0.15) is 6.04 Å². The van der Waals surface area contributed by atoms with Gasteiger partial charge in [-0.25, -0.2) is 8.42 Å². The summed E-state index contributed by atoms with van der Waals surface area (Å²) < 4.78 is 26.3. The van der Waals surface area contributed by atoms with Gasteiger partial charge < -0.3 is 5.32 Å². The summed E-state index contributed by atoms with van der Waals surface area (Å²) in [6.07, 6.45) is 5.24. The number of nitrogens with one attached hydrogen (secondary N) is 1. The van der Waals surface area contributed by atoms with Crippen molar-refractivity contribution in [3.05, 3.63) is 64.7 Å². The molecule has 1 aliphatic rings. The fraction of sp³-hybridized carbons (Fsp3) is 0.458. The van der Waals surface area contributed by atoms with Gasteiger partial charge in [0, 0.05) is 18.1 Å². The Bertz CT molecular complexity index is 1020. The van der Waals surface area contributed by atoms with E-state index in [0.717, 1.165) is 35.8 Å². The van der Waals surface area contributed by atoms with E-state index < -0.39 is 16.1 Å². The number of nitrogens with zero attached hydrogens (tertiary/aromatic N) is 2. The van der Waals surface area contributed by atoms with Crippen molar-refractivity contribution >= 4 is 33.2 Å². The highest BCUT2D eigenvalue weighted by atomic mass is 35.5. The van der Waals surface area contributed by atoms with Crippen LogP contribution >= 0.6 is 11.6 Å². The molecule has 0 unspecified atom stereocenters. The van der Waals surface area contributed by atoms with Crippen molar-refractivity contribution in [2.24, 2.45) is 0 Å². The van der Waals surface area contributed by atoms with Crippen LogP contribution in [-0.2, 0) is 27.9 Å². The Balaban J connectivity index is 1.70. The number of piperidine rings is 1. The van der Waals surface area contributed by atoms with E-state index in [0.29, 0.717) is 23.7 Å². The van der Waals surface area contributed by atoms with Gasteiger partial charge in [-0.05, 0) is 61.7 Å². The molecule has 3 rings (SSSR count). The van der Waals surface area contributed by atoms with Gasteiger partial charge in [0.25, 0.3) is 0 Å². The summed E-state index contributed by atoms with van der Waals surface area (Å²) in [5.74, 6) is -0.334. The average molecular weight is 478 g/mol. The van der Waals surface area contributed by atoms with Crippen LogP contribution in [0, 0.1) is 0 Å². The van der Waals surface area contributed by atoms with E-state index in [4.69, 9.17) is 11.6 Å². The lowest BCUT2D eigenvalue weighted by Crippen LogP contribution is -2.49. The average Bonchev–Trinajstić information content (AvgIpc) is 2.76. The number of hydrogen-bond acceptors (Lipinski definition) is 4. The Morgan fingerprint density at radius 1 is 1.09 bits per heavy atom. The summed E-state index contributed by atoms with van der Waals surface area (Å²) >= 11 is 6.07. The van der Waals surface area contributed by atoms with Gasteiger partial charge in [-0.3, -0.25) is 14.0 Å². The molecule has 1 amide bonds. The number of likely N-dealkylation sites (tertiary alicyclic amines) is 1. The van der Waals surface area contributed by atoms with Crippen LogP contribution in [-0.4, -0.2) is 44.6 Å². The number of carbonyl (C=O) groups excluding carboxylic acids is 1. The summed E-state index contributed by atoms with van der Waals surface area (Å²) in [5, 5.41) is 3.34. The molecule has 2 aromatic carbocycles. The third-order valence-corrected chi connectivity index (χ3v) is 7.12. The Hall–Kier alpha value is -2.09. The zero-order valence-corrected chi connectivity index (χ0v) is 20.3. The Kier molecular flexibility index (Phi) is 8.57. The molecular weight excluding hydrogens is 446 g/mol. The molecule has 174 valence electrons. The van der Waals surface area contributed by atoms with Crippen molar-refractivity contribution in [3.8, 4) is 0 Å². The monoisotopic (exact) mass is 477 g/mol. The number of anilines is 1. The topological polar surface area (TPSA) is 69.7 Å². The lowest BCUT2D eigenvalue weighted by molar-refractivity contribution is -0.122. The molecule has 0 bridgehead atoms. The maximum absolute atomic E-state index is 13.0. The molecule has 1 aliphatic heterocycles. The molecule has 1 N–H and O–H groups in total. The summed E-state index contributed by atoms with van der Waals surface area (Å²) in [4.78, 5) is 15.5. The van der Waals surface area contributed by atoms with Crippen LogP contribution in [0.3, 0.4) is 0 Å². The predicted molar refractivity (Wildman–Crippen MR) is 130 cm³/mol. The van der Waals surface area contributed by atoms with Crippen LogP contribution < -0.4 is 9.62 Å². The molecule has 8 heteroatoms. The third kappa shape index (κ3) is 6.70. The molecule has 1 saturated heterocycles. The summed E-state index contributed by atoms with van der Waals surface area (Å²) in [5.41, 5.74) is 2.60. The minimum absolute atomic E-state index is 0.334. The van der Waals surface area contributed by atoms with Crippen molar-refractivity contribution < 1.29 is 13.2 Å². The van der Waals surface area contributed by atoms with Crippen molar-refractivity contribution in [2.45, 2.75) is 51.7 Å². The zero-order valence-electron chi connectivity index (χ0n) is 18.8. The highest BCUT2D eigenvalue weighted by molar-refractivity contribution is 7.92. The predicted octanol–water partition coefficient (Wildman–Crippen LogP) is 4.19. The summed E-state index contributed by atoms with van der Waals surface area (Å²) in [6, 6.07) is 13.9. The van der Waals surface area contributed by atoms with Crippen LogP contribution in [0.5, 0.6) is 0 Å². The molecule has 0 saturated carbocycles. The first-order valence-corrected chi connectivity index (χ1v) is 13.3. The van der Waals surface area contributed by atoms with Crippen LogP contribution in [0.2, 0.25) is 5.02 Å². The highest BCUT2D eigenvalue weighted by Crippen LogP contribution is 2.25. The van der Waals surface area contributed by atoms with Crippen molar-refractivity contribution in [1.82, 2.24) is 10.2 Å². The largest absolute Gasteiger partial charge is 0.350 e. The second-order valence-corrected chi connectivity index (χ2v) is 10.6. The summed E-state index contributed by atoms with van der Waals surface area (Å²) in [7, 11) is -3.69. The van der Waals surface area contributed by atoms with Crippen LogP contribution in [0.15, 0.2) is 48.5 Å². The van der Waals surface area contributed by atoms with Gasteiger partial charge in [-0.2, -0.15) is 0 Å². The first kappa shape index (κ1) is 24.6. The molecule has 0 aromatic heterocycles. The molecule has 2 aromatic rings. The summed E-state index contributed by atoms with van der Waals surface area (Å²) in [6.45, 7) is 5.31. The van der Waals surface area contributed by atoms with Crippen LogP contribution in [0.25, 0.3) is 0 Å². The van der Waals surface area contributed by atoms with Gasteiger partial charge in [-0.15, -0.1) is 0 Å². The smallest absolute Gasteiger partial charge is 0.244 e.